The summed E-state index contributed by atoms with van der Waals surface area (Å²) >= 11 is 0. The highest BCUT2D eigenvalue weighted by Crippen LogP contribution is 2.26. The summed E-state index contributed by atoms with van der Waals surface area (Å²) in [4.78, 5) is 15.1. The van der Waals surface area contributed by atoms with Gasteiger partial charge in [-0.3, -0.25) is 4.79 Å². The first-order valence-electron chi connectivity index (χ1n) is 8.79. The SMILES string of the molecule is CCN1CCC(n2nccc2NC(=O)c2coc3ccccc23)CC1. The molecular formula is C19H22N4O2. The fourth-order valence-electron chi connectivity index (χ4n) is 3.52. The van der Waals surface area contributed by atoms with Crippen LogP contribution in [0.2, 0.25) is 0 Å². The van der Waals surface area contributed by atoms with Gasteiger partial charge in [0, 0.05) is 24.5 Å². The molecule has 0 bridgehead atoms. The van der Waals surface area contributed by atoms with Gasteiger partial charge in [0.2, 0.25) is 0 Å². The molecule has 4 rings (SSSR count). The first-order valence-corrected chi connectivity index (χ1v) is 8.79. The zero-order valence-corrected chi connectivity index (χ0v) is 14.3. The highest BCUT2D eigenvalue weighted by Gasteiger charge is 2.23. The Hall–Kier alpha value is -2.60. The first kappa shape index (κ1) is 15.9. The monoisotopic (exact) mass is 338 g/mol. The molecule has 1 saturated heterocycles. The van der Waals surface area contributed by atoms with Crippen molar-refractivity contribution < 1.29 is 9.21 Å². The van der Waals surface area contributed by atoms with E-state index in [4.69, 9.17) is 4.42 Å². The van der Waals surface area contributed by atoms with Crippen LogP contribution < -0.4 is 5.32 Å². The molecule has 0 atom stereocenters. The van der Waals surface area contributed by atoms with Gasteiger partial charge in [-0.25, -0.2) is 4.68 Å². The zero-order valence-electron chi connectivity index (χ0n) is 14.3. The number of furan rings is 1. The number of nitrogens with one attached hydrogen (secondary N) is 1. The van der Waals surface area contributed by atoms with Crippen LogP contribution in [0, 0.1) is 0 Å². The van der Waals surface area contributed by atoms with Gasteiger partial charge < -0.3 is 14.6 Å². The van der Waals surface area contributed by atoms with Crippen LogP contribution in [0.15, 0.2) is 47.2 Å². The molecule has 0 spiro atoms. The lowest BCUT2D eigenvalue weighted by molar-refractivity contribution is 0.102. The highest BCUT2D eigenvalue weighted by atomic mass is 16.3. The number of likely N-dealkylation sites (tertiary alicyclic amines) is 1. The van der Waals surface area contributed by atoms with Crippen molar-refractivity contribution in [2.24, 2.45) is 0 Å². The number of amides is 1. The Morgan fingerprint density at radius 2 is 2.08 bits per heavy atom. The van der Waals surface area contributed by atoms with Gasteiger partial charge in [0.25, 0.3) is 5.91 Å². The second kappa shape index (κ2) is 6.72. The van der Waals surface area contributed by atoms with Gasteiger partial charge >= 0.3 is 0 Å². The molecule has 1 aliphatic rings. The topological polar surface area (TPSA) is 63.3 Å². The van der Waals surface area contributed by atoms with Crippen molar-refractivity contribution in [2.75, 3.05) is 25.0 Å². The molecule has 6 nitrogen and oxygen atoms in total. The van der Waals surface area contributed by atoms with Crippen LogP contribution in [0.3, 0.4) is 0 Å². The smallest absolute Gasteiger partial charge is 0.260 e. The van der Waals surface area contributed by atoms with Gasteiger partial charge in [-0.05, 0) is 25.5 Å². The number of fused-ring (bicyclic) bond motifs is 1. The third-order valence-electron chi connectivity index (χ3n) is 4.99. The molecule has 0 radical (unpaired) electrons. The Morgan fingerprint density at radius 1 is 1.28 bits per heavy atom. The number of hydrogen-bond donors (Lipinski definition) is 1. The van der Waals surface area contributed by atoms with E-state index in [-0.39, 0.29) is 5.91 Å². The fraction of sp³-hybridized carbons (Fsp3) is 0.368. The van der Waals surface area contributed by atoms with E-state index in [2.05, 4.69) is 22.2 Å². The van der Waals surface area contributed by atoms with Crippen molar-refractivity contribution >= 4 is 22.7 Å². The second-order valence-electron chi connectivity index (χ2n) is 6.43. The molecule has 2 aromatic heterocycles. The van der Waals surface area contributed by atoms with Crippen molar-refractivity contribution in [3.63, 3.8) is 0 Å². The quantitative estimate of drug-likeness (QED) is 0.790. The van der Waals surface area contributed by atoms with Gasteiger partial charge in [0.05, 0.1) is 17.8 Å². The lowest BCUT2D eigenvalue weighted by atomic mass is 10.1. The number of anilines is 1. The van der Waals surface area contributed by atoms with Crippen LogP contribution >= 0.6 is 0 Å². The minimum Gasteiger partial charge on any atom is -0.463 e. The second-order valence-corrected chi connectivity index (χ2v) is 6.43. The molecule has 0 aliphatic carbocycles. The molecule has 1 amide bonds. The van der Waals surface area contributed by atoms with Gasteiger partial charge in [-0.2, -0.15) is 5.10 Å². The Bertz CT molecular complexity index is 874. The van der Waals surface area contributed by atoms with Gasteiger partial charge in [0.15, 0.2) is 0 Å². The summed E-state index contributed by atoms with van der Waals surface area (Å²) in [6.07, 6.45) is 5.36. The Balaban J connectivity index is 1.52. The third-order valence-corrected chi connectivity index (χ3v) is 4.99. The molecule has 0 unspecified atom stereocenters. The average molecular weight is 338 g/mol. The molecule has 25 heavy (non-hydrogen) atoms. The summed E-state index contributed by atoms with van der Waals surface area (Å²) in [5.74, 6) is 0.572. The number of nitrogens with zero attached hydrogens (tertiary/aromatic N) is 3. The minimum absolute atomic E-state index is 0.169. The Morgan fingerprint density at radius 3 is 2.88 bits per heavy atom. The van der Waals surface area contributed by atoms with E-state index in [1.165, 1.54) is 6.26 Å². The predicted molar refractivity (Wildman–Crippen MR) is 96.8 cm³/mol. The molecule has 6 heteroatoms. The third kappa shape index (κ3) is 3.05. The van der Waals surface area contributed by atoms with E-state index in [0.717, 1.165) is 43.7 Å². The average Bonchev–Trinajstić information content (AvgIpc) is 3.28. The predicted octanol–water partition coefficient (Wildman–Crippen LogP) is 3.54. The number of piperidine rings is 1. The fourth-order valence-corrected chi connectivity index (χ4v) is 3.52. The van der Waals surface area contributed by atoms with E-state index in [1.54, 1.807) is 6.20 Å². The largest absolute Gasteiger partial charge is 0.463 e. The van der Waals surface area contributed by atoms with Crippen molar-refractivity contribution in [1.82, 2.24) is 14.7 Å². The van der Waals surface area contributed by atoms with Crippen LogP contribution in [0.4, 0.5) is 5.82 Å². The number of rotatable bonds is 4. The number of hydrogen-bond acceptors (Lipinski definition) is 4. The molecule has 1 fully saturated rings. The summed E-state index contributed by atoms with van der Waals surface area (Å²) in [5.41, 5.74) is 1.26. The maximum atomic E-state index is 12.7. The summed E-state index contributed by atoms with van der Waals surface area (Å²) in [6, 6.07) is 9.73. The first-order chi connectivity index (χ1) is 12.3. The minimum atomic E-state index is -0.169. The van der Waals surface area contributed by atoms with Gasteiger partial charge in [-0.1, -0.05) is 25.1 Å². The van der Waals surface area contributed by atoms with Crippen LogP contribution in [0.25, 0.3) is 11.0 Å². The maximum Gasteiger partial charge on any atom is 0.260 e. The van der Waals surface area contributed by atoms with E-state index in [9.17, 15) is 4.79 Å². The maximum absolute atomic E-state index is 12.7. The number of carbonyl (C=O) groups is 1. The van der Waals surface area contributed by atoms with Crippen molar-refractivity contribution in [1.29, 1.82) is 0 Å². The van der Waals surface area contributed by atoms with E-state index in [0.29, 0.717) is 17.2 Å². The highest BCUT2D eigenvalue weighted by molar-refractivity contribution is 6.11. The van der Waals surface area contributed by atoms with Crippen molar-refractivity contribution in [3.8, 4) is 0 Å². The van der Waals surface area contributed by atoms with Crippen molar-refractivity contribution in [3.05, 3.63) is 48.4 Å². The Kier molecular flexibility index (Phi) is 4.28. The summed E-state index contributed by atoms with van der Waals surface area (Å²) in [7, 11) is 0. The lowest BCUT2D eigenvalue weighted by Gasteiger charge is -2.31. The number of para-hydroxylation sites is 1. The lowest BCUT2D eigenvalue weighted by Crippen LogP contribution is -2.35. The van der Waals surface area contributed by atoms with E-state index >= 15 is 0 Å². The zero-order chi connectivity index (χ0) is 17.2. The van der Waals surface area contributed by atoms with E-state index in [1.807, 2.05) is 35.0 Å². The standard InChI is InChI=1S/C19H22N4O2/c1-2-22-11-8-14(9-12-22)23-18(7-10-20-23)21-19(24)16-13-25-17-6-4-3-5-15(16)17/h3-7,10,13-14H,2,8-9,11-12H2,1H3,(H,21,24). The molecule has 1 N–H and O–H groups in total. The normalized spacial score (nSPS) is 16.4. The molecule has 1 aliphatic heterocycles. The molecule has 130 valence electrons. The van der Waals surface area contributed by atoms with Gasteiger partial charge in [0.1, 0.15) is 17.7 Å². The van der Waals surface area contributed by atoms with Crippen LogP contribution in [0.1, 0.15) is 36.2 Å². The van der Waals surface area contributed by atoms with Crippen LogP contribution in [-0.2, 0) is 0 Å². The van der Waals surface area contributed by atoms with E-state index < -0.39 is 0 Å². The molecule has 3 heterocycles. The molecule has 0 saturated carbocycles. The molecular weight excluding hydrogens is 316 g/mol. The Labute approximate surface area is 146 Å². The molecule has 3 aromatic rings. The summed E-state index contributed by atoms with van der Waals surface area (Å²) < 4.78 is 7.42. The van der Waals surface area contributed by atoms with Crippen LogP contribution in [-0.4, -0.2) is 40.2 Å². The number of aromatic nitrogens is 2. The number of carbonyl (C=O) groups excluding carboxylic acids is 1. The summed E-state index contributed by atoms with van der Waals surface area (Å²) in [5, 5.41) is 8.26. The number of benzene rings is 1. The van der Waals surface area contributed by atoms with Gasteiger partial charge in [-0.15, -0.1) is 0 Å². The van der Waals surface area contributed by atoms with Crippen molar-refractivity contribution in [2.45, 2.75) is 25.8 Å². The summed E-state index contributed by atoms with van der Waals surface area (Å²) in [6.45, 7) is 5.42. The molecule has 1 aromatic carbocycles. The van der Waals surface area contributed by atoms with Crippen LogP contribution in [0.5, 0.6) is 0 Å².